The fraction of sp³-hybridized carbons (Fsp3) is 0.111. The third-order valence-electron chi connectivity index (χ3n) is 3.80. The van der Waals surface area contributed by atoms with Gasteiger partial charge in [0.05, 0.1) is 23.3 Å². The van der Waals surface area contributed by atoms with Crippen molar-refractivity contribution in [3.8, 4) is 11.4 Å². The lowest BCUT2D eigenvalue weighted by molar-refractivity contribution is 0.185. The lowest BCUT2D eigenvalue weighted by Gasteiger charge is -2.08. The van der Waals surface area contributed by atoms with Crippen LogP contribution in [-0.4, -0.2) is 26.4 Å². The molecule has 0 aliphatic carbocycles. The van der Waals surface area contributed by atoms with Gasteiger partial charge in [0.15, 0.2) is 0 Å². The van der Waals surface area contributed by atoms with Crippen LogP contribution in [0.2, 0.25) is 0 Å². The van der Waals surface area contributed by atoms with Gasteiger partial charge in [0, 0.05) is 25.2 Å². The van der Waals surface area contributed by atoms with Crippen molar-refractivity contribution < 1.29 is 4.74 Å². The number of imidazole rings is 1. The van der Waals surface area contributed by atoms with Crippen molar-refractivity contribution in [1.82, 2.24) is 19.3 Å². The predicted octanol–water partition coefficient (Wildman–Crippen LogP) is 3.36. The molecule has 0 saturated carbocycles. The molecule has 5 nitrogen and oxygen atoms in total. The Balaban J connectivity index is 1.79. The van der Waals surface area contributed by atoms with Gasteiger partial charge in [-0.2, -0.15) is 5.10 Å². The Morgan fingerprint density at radius 2 is 1.96 bits per heavy atom. The summed E-state index contributed by atoms with van der Waals surface area (Å²) in [7, 11) is 1.70. The normalized spacial score (nSPS) is 11.2. The minimum atomic E-state index is 0.595. The van der Waals surface area contributed by atoms with Crippen LogP contribution in [0.3, 0.4) is 0 Å². The third-order valence-corrected chi connectivity index (χ3v) is 3.80. The number of hydrogen-bond acceptors (Lipinski definition) is 3. The summed E-state index contributed by atoms with van der Waals surface area (Å²) in [5.41, 5.74) is 5.23. The van der Waals surface area contributed by atoms with Crippen LogP contribution in [0.5, 0.6) is 0 Å². The van der Waals surface area contributed by atoms with Gasteiger partial charge in [-0.05, 0) is 42.0 Å². The number of fused-ring (bicyclic) bond motifs is 1. The average Bonchev–Trinajstić information content (AvgIpc) is 3.25. The van der Waals surface area contributed by atoms with E-state index >= 15 is 0 Å². The molecule has 0 aliphatic heterocycles. The first-order valence-electron chi connectivity index (χ1n) is 7.40. The van der Waals surface area contributed by atoms with E-state index in [4.69, 9.17) is 4.74 Å². The average molecular weight is 304 g/mol. The first kappa shape index (κ1) is 13.7. The second kappa shape index (κ2) is 5.70. The zero-order valence-electron chi connectivity index (χ0n) is 12.8. The van der Waals surface area contributed by atoms with Crippen molar-refractivity contribution in [2.24, 2.45) is 0 Å². The minimum Gasteiger partial charge on any atom is -0.380 e. The fourth-order valence-corrected chi connectivity index (χ4v) is 2.73. The molecular formula is C18H16N4O. The molecule has 0 atom stereocenters. The SMILES string of the molecule is COCc1ccc2c(c1)ncn2-c1cccc(-n2cccn2)c1. The standard InChI is InChI=1S/C18H16N4O/c1-23-12-14-6-7-18-17(10-14)19-13-21(18)15-4-2-5-16(11-15)22-9-3-8-20-22/h2-11,13H,12H2,1H3. The summed E-state index contributed by atoms with van der Waals surface area (Å²) in [4.78, 5) is 4.52. The van der Waals surface area contributed by atoms with Crippen molar-refractivity contribution in [3.63, 3.8) is 0 Å². The second-order valence-corrected chi connectivity index (χ2v) is 5.34. The molecular weight excluding hydrogens is 288 g/mol. The molecule has 4 aromatic rings. The van der Waals surface area contributed by atoms with E-state index in [9.17, 15) is 0 Å². The van der Waals surface area contributed by atoms with E-state index in [-0.39, 0.29) is 0 Å². The summed E-state index contributed by atoms with van der Waals surface area (Å²) in [5, 5.41) is 4.28. The van der Waals surface area contributed by atoms with Gasteiger partial charge in [0.25, 0.3) is 0 Å². The zero-order chi connectivity index (χ0) is 15.6. The Kier molecular flexibility index (Phi) is 3.40. The Morgan fingerprint density at radius 1 is 1.04 bits per heavy atom. The highest BCUT2D eigenvalue weighted by Gasteiger charge is 2.07. The molecule has 0 fully saturated rings. The maximum atomic E-state index is 5.18. The second-order valence-electron chi connectivity index (χ2n) is 5.34. The van der Waals surface area contributed by atoms with Gasteiger partial charge in [-0.15, -0.1) is 0 Å². The molecule has 0 spiro atoms. The van der Waals surface area contributed by atoms with E-state index < -0.39 is 0 Å². The van der Waals surface area contributed by atoms with Crippen LogP contribution >= 0.6 is 0 Å². The number of ether oxygens (including phenoxy) is 1. The van der Waals surface area contributed by atoms with E-state index in [0.29, 0.717) is 6.61 Å². The van der Waals surface area contributed by atoms with Crippen molar-refractivity contribution in [2.45, 2.75) is 6.61 Å². The number of hydrogen-bond donors (Lipinski definition) is 0. The molecule has 23 heavy (non-hydrogen) atoms. The highest BCUT2D eigenvalue weighted by atomic mass is 16.5. The highest BCUT2D eigenvalue weighted by Crippen LogP contribution is 2.21. The molecule has 0 N–H and O–H groups in total. The molecule has 4 rings (SSSR count). The molecule has 0 radical (unpaired) electrons. The van der Waals surface area contributed by atoms with Gasteiger partial charge in [-0.3, -0.25) is 4.57 Å². The summed E-state index contributed by atoms with van der Waals surface area (Å²) >= 11 is 0. The number of methoxy groups -OCH3 is 1. The number of aromatic nitrogens is 4. The Labute approximate surface area is 133 Å². The lowest BCUT2D eigenvalue weighted by atomic mass is 10.2. The van der Waals surface area contributed by atoms with Crippen LogP contribution in [0, 0.1) is 0 Å². The Morgan fingerprint density at radius 3 is 2.78 bits per heavy atom. The van der Waals surface area contributed by atoms with E-state index in [0.717, 1.165) is 28.0 Å². The van der Waals surface area contributed by atoms with Crippen molar-refractivity contribution in [3.05, 3.63) is 72.8 Å². The van der Waals surface area contributed by atoms with Crippen molar-refractivity contribution in [2.75, 3.05) is 7.11 Å². The van der Waals surface area contributed by atoms with Crippen LogP contribution in [0.25, 0.3) is 22.4 Å². The van der Waals surface area contributed by atoms with Gasteiger partial charge in [0.2, 0.25) is 0 Å². The summed E-state index contributed by atoms with van der Waals surface area (Å²) < 4.78 is 9.11. The van der Waals surface area contributed by atoms with Crippen LogP contribution < -0.4 is 0 Å². The number of benzene rings is 2. The highest BCUT2D eigenvalue weighted by molar-refractivity contribution is 5.78. The maximum absolute atomic E-state index is 5.18. The van der Waals surface area contributed by atoms with Crippen molar-refractivity contribution in [1.29, 1.82) is 0 Å². The number of rotatable bonds is 4. The van der Waals surface area contributed by atoms with E-state index in [1.54, 1.807) is 13.3 Å². The molecule has 0 amide bonds. The smallest absolute Gasteiger partial charge is 0.100 e. The van der Waals surface area contributed by atoms with Gasteiger partial charge in [-0.25, -0.2) is 9.67 Å². The molecule has 2 aromatic heterocycles. The summed E-state index contributed by atoms with van der Waals surface area (Å²) in [6.45, 7) is 0.595. The topological polar surface area (TPSA) is 44.9 Å². The van der Waals surface area contributed by atoms with Gasteiger partial charge < -0.3 is 4.74 Å². The van der Waals surface area contributed by atoms with E-state index in [1.807, 2.05) is 35.4 Å². The minimum absolute atomic E-state index is 0.595. The Hall–Kier alpha value is -2.92. The molecule has 0 unspecified atom stereocenters. The van der Waals surface area contributed by atoms with Gasteiger partial charge in [-0.1, -0.05) is 12.1 Å². The van der Waals surface area contributed by atoms with Gasteiger partial charge in [0.1, 0.15) is 6.33 Å². The lowest BCUT2D eigenvalue weighted by Crippen LogP contribution is -1.97. The summed E-state index contributed by atoms with van der Waals surface area (Å²) in [6.07, 6.45) is 5.56. The molecule has 0 aliphatic rings. The largest absolute Gasteiger partial charge is 0.380 e. The van der Waals surface area contributed by atoms with Crippen LogP contribution in [0.15, 0.2) is 67.3 Å². The monoisotopic (exact) mass is 304 g/mol. The molecule has 0 saturated heterocycles. The molecule has 5 heteroatoms. The Bertz CT molecular complexity index is 941. The zero-order valence-corrected chi connectivity index (χ0v) is 12.8. The van der Waals surface area contributed by atoms with Crippen LogP contribution in [0.1, 0.15) is 5.56 Å². The molecule has 2 heterocycles. The molecule has 0 bridgehead atoms. The fourth-order valence-electron chi connectivity index (χ4n) is 2.73. The predicted molar refractivity (Wildman–Crippen MR) is 88.9 cm³/mol. The van der Waals surface area contributed by atoms with E-state index in [2.05, 4.69) is 45.0 Å². The maximum Gasteiger partial charge on any atom is 0.100 e. The third kappa shape index (κ3) is 2.51. The molecule has 2 aromatic carbocycles. The van der Waals surface area contributed by atoms with Crippen LogP contribution in [0.4, 0.5) is 0 Å². The van der Waals surface area contributed by atoms with Crippen LogP contribution in [-0.2, 0) is 11.3 Å². The first-order valence-corrected chi connectivity index (χ1v) is 7.40. The first-order chi connectivity index (χ1) is 11.3. The number of nitrogens with zero attached hydrogens (tertiary/aromatic N) is 4. The summed E-state index contributed by atoms with van der Waals surface area (Å²) in [5.74, 6) is 0. The summed E-state index contributed by atoms with van der Waals surface area (Å²) in [6, 6.07) is 16.3. The molecule has 114 valence electrons. The van der Waals surface area contributed by atoms with E-state index in [1.165, 1.54) is 0 Å². The van der Waals surface area contributed by atoms with Gasteiger partial charge >= 0.3 is 0 Å². The quantitative estimate of drug-likeness (QED) is 0.581. The van der Waals surface area contributed by atoms with Crippen molar-refractivity contribution >= 4 is 11.0 Å².